The van der Waals surface area contributed by atoms with Crippen molar-refractivity contribution in [2.24, 2.45) is 11.5 Å². The van der Waals surface area contributed by atoms with Crippen molar-refractivity contribution in [3.05, 3.63) is 0 Å². The second-order valence-corrected chi connectivity index (χ2v) is 2.50. The lowest BCUT2D eigenvalue weighted by molar-refractivity contribution is -0.143. The molecule has 0 aromatic heterocycles. The largest absolute Gasteiger partial charge is 0.480 e. The summed E-state index contributed by atoms with van der Waals surface area (Å²) in [5.74, 6) is -1.35. The highest BCUT2D eigenvalue weighted by atomic mass is 16.4. The molecule has 6 heteroatoms. The van der Waals surface area contributed by atoms with Gasteiger partial charge in [0.1, 0.15) is 12.1 Å². The highest BCUT2D eigenvalue weighted by Gasteiger charge is 2.27. The SMILES string of the molecule is NCC[C@H](O)[C@@H](O)[C@H](N)C(=O)O. The average molecular weight is 178 g/mol. The summed E-state index contributed by atoms with van der Waals surface area (Å²) in [6, 6.07) is -1.47. The van der Waals surface area contributed by atoms with Crippen molar-refractivity contribution in [2.75, 3.05) is 6.54 Å². The Hall–Kier alpha value is -0.690. The summed E-state index contributed by atoms with van der Waals surface area (Å²) in [6.07, 6.45) is -2.52. The molecule has 0 aliphatic rings. The number of rotatable bonds is 5. The van der Waals surface area contributed by atoms with Gasteiger partial charge in [0.05, 0.1) is 6.10 Å². The fourth-order valence-electron chi connectivity index (χ4n) is 0.727. The summed E-state index contributed by atoms with van der Waals surface area (Å²) < 4.78 is 0. The number of hydrogen-bond acceptors (Lipinski definition) is 5. The molecule has 0 unspecified atom stereocenters. The topological polar surface area (TPSA) is 130 Å². The molecule has 7 N–H and O–H groups in total. The second-order valence-electron chi connectivity index (χ2n) is 2.50. The highest BCUT2D eigenvalue weighted by molar-refractivity contribution is 5.73. The van der Waals surface area contributed by atoms with Crippen LogP contribution in [0.15, 0.2) is 0 Å². The Morgan fingerprint density at radius 1 is 1.42 bits per heavy atom. The van der Waals surface area contributed by atoms with Gasteiger partial charge in [0.2, 0.25) is 0 Å². The molecule has 0 amide bonds. The van der Waals surface area contributed by atoms with Gasteiger partial charge in [0, 0.05) is 0 Å². The standard InChI is InChI=1S/C6H14N2O4/c7-2-1-3(9)5(10)4(8)6(11)12/h3-5,9-10H,1-2,7-8H2,(H,11,12)/t3-,4-,5+/m0/s1. The van der Waals surface area contributed by atoms with Crippen LogP contribution in [0.4, 0.5) is 0 Å². The molecule has 3 atom stereocenters. The first kappa shape index (κ1) is 11.3. The predicted octanol–water partition coefficient (Wildman–Crippen LogP) is -2.53. The minimum atomic E-state index is -1.47. The first-order valence-corrected chi connectivity index (χ1v) is 3.55. The molecule has 0 aliphatic carbocycles. The minimum absolute atomic E-state index is 0.127. The normalized spacial score (nSPS) is 18.3. The van der Waals surface area contributed by atoms with E-state index in [0.717, 1.165) is 0 Å². The van der Waals surface area contributed by atoms with Crippen molar-refractivity contribution in [1.29, 1.82) is 0 Å². The number of carboxylic acids is 1. The smallest absolute Gasteiger partial charge is 0.323 e. The summed E-state index contributed by atoms with van der Waals surface area (Å²) in [7, 11) is 0. The fourth-order valence-corrected chi connectivity index (χ4v) is 0.727. The Balaban J connectivity index is 3.99. The van der Waals surface area contributed by atoms with E-state index in [2.05, 4.69) is 0 Å². The third-order valence-electron chi connectivity index (χ3n) is 1.51. The lowest BCUT2D eigenvalue weighted by atomic mass is 10.0. The molecule has 72 valence electrons. The van der Waals surface area contributed by atoms with Crippen LogP contribution in [0.5, 0.6) is 0 Å². The Morgan fingerprint density at radius 3 is 2.25 bits per heavy atom. The van der Waals surface area contributed by atoms with Crippen molar-refractivity contribution < 1.29 is 20.1 Å². The van der Waals surface area contributed by atoms with Crippen molar-refractivity contribution in [3.8, 4) is 0 Å². The Labute approximate surface area is 69.8 Å². The first-order chi connectivity index (χ1) is 5.50. The summed E-state index contributed by atoms with van der Waals surface area (Å²) in [4.78, 5) is 10.2. The number of nitrogens with two attached hydrogens (primary N) is 2. The number of aliphatic carboxylic acids is 1. The molecule has 0 fully saturated rings. The third-order valence-corrected chi connectivity index (χ3v) is 1.51. The van der Waals surface area contributed by atoms with Crippen molar-refractivity contribution >= 4 is 5.97 Å². The van der Waals surface area contributed by atoms with E-state index in [9.17, 15) is 4.79 Å². The molecule has 6 nitrogen and oxygen atoms in total. The molecule has 0 saturated carbocycles. The molecule has 0 aromatic carbocycles. The van der Waals surface area contributed by atoms with E-state index in [-0.39, 0.29) is 13.0 Å². The van der Waals surface area contributed by atoms with Crippen molar-refractivity contribution in [2.45, 2.75) is 24.7 Å². The summed E-state index contributed by atoms with van der Waals surface area (Å²) in [5, 5.41) is 26.5. The number of aliphatic hydroxyl groups is 2. The third kappa shape index (κ3) is 3.14. The van der Waals surface area contributed by atoms with Gasteiger partial charge in [-0.25, -0.2) is 0 Å². The van der Waals surface area contributed by atoms with Gasteiger partial charge in [0.15, 0.2) is 0 Å². The molecular weight excluding hydrogens is 164 g/mol. The summed E-state index contributed by atoms with van der Waals surface area (Å²) in [5.41, 5.74) is 10.1. The summed E-state index contributed by atoms with van der Waals surface area (Å²) >= 11 is 0. The van der Waals surface area contributed by atoms with E-state index < -0.39 is 24.2 Å². The highest BCUT2D eigenvalue weighted by Crippen LogP contribution is 2.01. The number of hydrogen-bond donors (Lipinski definition) is 5. The van der Waals surface area contributed by atoms with Crippen LogP contribution in [0, 0.1) is 0 Å². The summed E-state index contributed by atoms with van der Waals surface area (Å²) in [6.45, 7) is 0.171. The van der Waals surface area contributed by atoms with Gasteiger partial charge in [-0.1, -0.05) is 0 Å². The molecule has 0 aliphatic heterocycles. The Kier molecular flexibility index (Phi) is 4.75. The predicted molar refractivity (Wildman–Crippen MR) is 41.3 cm³/mol. The van der Waals surface area contributed by atoms with E-state index in [0.29, 0.717) is 0 Å². The van der Waals surface area contributed by atoms with Gasteiger partial charge in [-0.3, -0.25) is 4.79 Å². The quantitative estimate of drug-likeness (QED) is 0.315. The molecule has 0 bridgehead atoms. The van der Waals surface area contributed by atoms with Gasteiger partial charge in [0.25, 0.3) is 0 Å². The maximum Gasteiger partial charge on any atom is 0.323 e. The molecule has 0 saturated heterocycles. The average Bonchev–Trinajstić information content (AvgIpc) is 2.02. The van der Waals surface area contributed by atoms with Gasteiger partial charge in [-0.05, 0) is 13.0 Å². The molecule has 0 heterocycles. The zero-order valence-electron chi connectivity index (χ0n) is 6.55. The molecule has 12 heavy (non-hydrogen) atoms. The van der Waals surface area contributed by atoms with Crippen LogP contribution >= 0.6 is 0 Å². The van der Waals surface area contributed by atoms with Gasteiger partial charge >= 0.3 is 5.97 Å². The van der Waals surface area contributed by atoms with E-state index in [4.69, 9.17) is 26.8 Å². The molecule has 0 spiro atoms. The van der Waals surface area contributed by atoms with E-state index in [1.165, 1.54) is 0 Å². The van der Waals surface area contributed by atoms with Crippen LogP contribution in [-0.4, -0.2) is 46.1 Å². The number of carboxylic acid groups (broad SMARTS) is 1. The molecule has 0 radical (unpaired) electrons. The van der Waals surface area contributed by atoms with Gasteiger partial charge in [-0.2, -0.15) is 0 Å². The maximum atomic E-state index is 10.2. The monoisotopic (exact) mass is 178 g/mol. The zero-order valence-corrected chi connectivity index (χ0v) is 6.55. The Bertz CT molecular complexity index is 152. The van der Waals surface area contributed by atoms with Gasteiger partial charge < -0.3 is 26.8 Å². The van der Waals surface area contributed by atoms with E-state index in [1.54, 1.807) is 0 Å². The molecular formula is C6H14N2O4. The number of carbonyl (C=O) groups is 1. The van der Waals surface area contributed by atoms with Gasteiger partial charge in [-0.15, -0.1) is 0 Å². The fraction of sp³-hybridized carbons (Fsp3) is 0.833. The van der Waals surface area contributed by atoms with Crippen molar-refractivity contribution in [3.63, 3.8) is 0 Å². The van der Waals surface area contributed by atoms with Crippen LogP contribution in [-0.2, 0) is 4.79 Å². The molecule has 0 aromatic rings. The Morgan fingerprint density at radius 2 is 1.92 bits per heavy atom. The van der Waals surface area contributed by atoms with Crippen LogP contribution in [0.2, 0.25) is 0 Å². The van der Waals surface area contributed by atoms with E-state index in [1.807, 2.05) is 0 Å². The zero-order chi connectivity index (χ0) is 9.72. The van der Waals surface area contributed by atoms with Crippen LogP contribution in [0.25, 0.3) is 0 Å². The lowest BCUT2D eigenvalue weighted by Gasteiger charge is -2.19. The van der Waals surface area contributed by atoms with Crippen LogP contribution in [0.1, 0.15) is 6.42 Å². The maximum absolute atomic E-state index is 10.2. The van der Waals surface area contributed by atoms with Crippen LogP contribution < -0.4 is 11.5 Å². The number of aliphatic hydroxyl groups excluding tert-OH is 2. The second kappa shape index (κ2) is 5.04. The van der Waals surface area contributed by atoms with E-state index >= 15 is 0 Å². The van der Waals surface area contributed by atoms with Crippen LogP contribution in [0.3, 0.4) is 0 Å². The minimum Gasteiger partial charge on any atom is -0.480 e. The molecule has 0 rings (SSSR count). The lowest BCUT2D eigenvalue weighted by Crippen LogP contribution is -2.48. The first-order valence-electron chi connectivity index (χ1n) is 3.55. The van der Waals surface area contributed by atoms with Crippen molar-refractivity contribution in [1.82, 2.24) is 0 Å².